The Balaban J connectivity index is 0.00000162. The summed E-state index contributed by atoms with van der Waals surface area (Å²) in [5.74, 6) is -0.534. The largest absolute Gasteiger partial charge is 0.291 e. The Kier molecular flexibility index (Phi) is 5.55. The molecule has 0 N–H and O–H groups in total. The molecule has 18 heavy (non-hydrogen) atoms. The summed E-state index contributed by atoms with van der Waals surface area (Å²) < 4.78 is 13.5. The number of aromatic nitrogens is 2. The predicted molar refractivity (Wildman–Crippen MR) is 75.9 cm³/mol. The summed E-state index contributed by atoms with van der Waals surface area (Å²) in [5.41, 5.74) is 1.04. The smallest absolute Gasteiger partial charge is 0.191 e. The average Bonchev–Trinajstić information content (AvgIpc) is 2.38. The first-order valence-corrected chi connectivity index (χ1v) is 6.00. The molecule has 0 aliphatic carbocycles. The summed E-state index contributed by atoms with van der Waals surface area (Å²) in [6.07, 6.45) is 1.26. The fraction of sp³-hybridized carbons (Fsp3) is 0.0833. The fourth-order valence-corrected chi connectivity index (χ4v) is 1.68. The van der Waals surface area contributed by atoms with Crippen molar-refractivity contribution in [3.05, 3.63) is 48.2 Å². The van der Waals surface area contributed by atoms with Gasteiger partial charge >= 0.3 is 0 Å². The maximum absolute atomic E-state index is 13.5. The van der Waals surface area contributed by atoms with E-state index >= 15 is 0 Å². The van der Waals surface area contributed by atoms with Crippen LogP contribution in [0.2, 0.25) is 0 Å². The van der Waals surface area contributed by atoms with Gasteiger partial charge in [-0.15, -0.1) is 17.0 Å². The highest BCUT2D eigenvalue weighted by Crippen LogP contribution is 2.20. The van der Waals surface area contributed by atoms with E-state index in [1.54, 1.807) is 18.2 Å². The molecule has 0 aliphatic rings. The molecule has 0 fully saturated rings. The van der Waals surface area contributed by atoms with Crippen LogP contribution in [0.15, 0.2) is 36.7 Å². The zero-order valence-corrected chi connectivity index (χ0v) is 12.4. The van der Waals surface area contributed by atoms with Crippen molar-refractivity contribution >= 4 is 38.7 Å². The lowest BCUT2D eigenvalue weighted by Crippen LogP contribution is -2.04. The molecule has 0 bridgehead atoms. The SMILES string of the molecule is Br.O=C(CBr)c1cc(-c2ccccc2F)ncn1. The van der Waals surface area contributed by atoms with Gasteiger partial charge in [0.25, 0.3) is 0 Å². The van der Waals surface area contributed by atoms with Gasteiger partial charge in [0.2, 0.25) is 0 Å². The van der Waals surface area contributed by atoms with Crippen molar-refractivity contribution < 1.29 is 9.18 Å². The molecular formula is C12H9Br2FN2O. The highest BCUT2D eigenvalue weighted by molar-refractivity contribution is 9.09. The van der Waals surface area contributed by atoms with Gasteiger partial charge in [-0.2, -0.15) is 0 Å². The van der Waals surface area contributed by atoms with E-state index in [1.807, 2.05) is 0 Å². The van der Waals surface area contributed by atoms with E-state index in [1.165, 1.54) is 18.5 Å². The number of alkyl halides is 1. The number of hydrogen-bond donors (Lipinski definition) is 0. The van der Waals surface area contributed by atoms with E-state index in [0.717, 1.165) is 0 Å². The van der Waals surface area contributed by atoms with Crippen LogP contribution in [0.1, 0.15) is 10.5 Å². The number of benzene rings is 1. The number of carbonyl (C=O) groups is 1. The number of ketones is 1. The van der Waals surface area contributed by atoms with Crippen molar-refractivity contribution in [1.29, 1.82) is 0 Å². The topological polar surface area (TPSA) is 42.9 Å². The third kappa shape index (κ3) is 3.20. The molecule has 6 heteroatoms. The molecule has 2 aromatic rings. The summed E-state index contributed by atoms with van der Waals surface area (Å²) in [7, 11) is 0. The molecule has 0 saturated heterocycles. The monoisotopic (exact) mass is 374 g/mol. The van der Waals surface area contributed by atoms with Gasteiger partial charge in [-0.05, 0) is 18.2 Å². The van der Waals surface area contributed by atoms with Gasteiger partial charge in [0.05, 0.1) is 11.0 Å². The third-order valence-corrected chi connectivity index (χ3v) is 2.73. The molecule has 2 rings (SSSR count). The second kappa shape index (κ2) is 6.70. The number of halogens is 3. The standard InChI is InChI=1S/C12H8BrFN2O.BrH/c13-6-12(17)11-5-10(15-7-16-11)8-3-1-2-4-9(8)14;/h1-5,7H,6H2;1H. The Morgan fingerprint density at radius 1 is 1.28 bits per heavy atom. The number of rotatable bonds is 3. The lowest BCUT2D eigenvalue weighted by Gasteiger charge is -2.03. The summed E-state index contributed by atoms with van der Waals surface area (Å²) >= 11 is 3.06. The highest BCUT2D eigenvalue weighted by atomic mass is 79.9. The normalized spacial score (nSPS) is 9.67. The second-order valence-electron chi connectivity index (χ2n) is 3.33. The average molecular weight is 376 g/mol. The molecule has 1 aromatic carbocycles. The Morgan fingerprint density at radius 2 is 2.00 bits per heavy atom. The zero-order chi connectivity index (χ0) is 12.3. The molecule has 3 nitrogen and oxygen atoms in total. The maximum Gasteiger partial charge on any atom is 0.191 e. The van der Waals surface area contributed by atoms with Gasteiger partial charge in [-0.25, -0.2) is 14.4 Å². The summed E-state index contributed by atoms with van der Waals surface area (Å²) in [6, 6.07) is 7.77. The molecule has 0 radical (unpaired) electrons. The Hall–Kier alpha value is -1.14. The molecule has 1 heterocycles. The molecule has 1 aromatic heterocycles. The van der Waals surface area contributed by atoms with Crippen molar-refractivity contribution in [2.45, 2.75) is 0 Å². The molecule has 94 valence electrons. The Bertz CT molecular complexity index is 563. The molecule has 0 saturated carbocycles. The van der Waals surface area contributed by atoms with E-state index < -0.39 is 0 Å². The van der Waals surface area contributed by atoms with Crippen molar-refractivity contribution in [2.75, 3.05) is 5.33 Å². The van der Waals surface area contributed by atoms with Crippen LogP contribution in [0.4, 0.5) is 4.39 Å². The molecule has 0 amide bonds. The summed E-state index contributed by atoms with van der Waals surface area (Å²) in [6.45, 7) is 0. The van der Waals surface area contributed by atoms with Crippen molar-refractivity contribution in [3.8, 4) is 11.3 Å². The third-order valence-electron chi connectivity index (χ3n) is 2.22. The van der Waals surface area contributed by atoms with Crippen LogP contribution in [-0.2, 0) is 0 Å². The van der Waals surface area contributed by atoms with Crippen LogP contribution in [0.25, 0.3) is 11.3 Å². The summed E-state index contributed by atoms with van der Waals surface area (Å²) in [4.78, 5) is 19.3. The van der Waals surface area contributed by atoms with Gasteiger partial charge in [0.1, 0.15) is 17.8 Å². The van der Waals surface area contributed by atoms with Gasteiger partial charge in [-0.1, -0.05) is 28.1 Å². The molecule has 0 atom stereocenters. The minimum Gasteiger partial charge on any atom is -0.291 e. The van der Waals surface area contributed by atoms with Crippen LogP contribution in [-0.4, -0.2) is 21.1 Å². The number of carbonyl (C=O) groups excluding carboxylic acids is 1. The van der Waals surface area contributed by atoms with E-state index in [-0.39, 0.29) is 39.6 Å². The number of nitrogens with zero attached hydrogens (tertiary/aromatic N) is 2. The lowest BCUT2D eigenvalue weighted by molar-refractivity contribution is 0.101. The van der Waals surface area contributed by atoms with Crippen LogP contribution in [0, 0.1) is 5.82 Å². The zero-order valence-electron chi connectivity index (χ0n) is 9.14. The van der Waals surface area contributed by atoms with Gasteiger partial charge in [-0.3, -0.25) is 4.79 Å². The van der Waals surface area contributed by atoms with Gasteiger partial charge in [0, 0.05) is 5.56 Å². The fourth-order valence-electron chi connectivity index (χ4n) is 1.39. The predicted octanol–water partition coefficient (Wildman–Crippen LogP) is 3.44. The Morgan fingerprint density at radius 3 is 2.67 bits per heavy atom. The highest BCUT2D eigenvalue weighted by Gasteiger charge is 2.10. The molecule has 0 aliphatic heterocycles. The first-order chi connectivity index (χ1) is 8.22. The lowest BCUT2D eigenvalue weighted by atomic mass is 10.1. The van der Waals surface area contributed by atoms with E-state index in [4.69, 9.17) is 0 Å². The number of hydrogen-bond acceptors (Lipinski definition) is 3. The van der Waals surface area contributed by atoms with E-state index in [9.17, 15) is 9.18 Å². The first kappa shape index (κ1) is 14.9. The molecule has 0 unspecified atom stereocenters. The van der Waals surface area contributed by atoms with Crippen LogP contribution in [0.5, 0.6) is 0 Å². The first-order valence-electron chi connectivity index (χ1n) is 4.88. The van der Waals surface area contributed by atoms with E-state index in [0.29, 0.717) is 11.3 Å². The maximum atomic E-state index is 13.5. The van der Waals surface area contributed by atoms with Crippen LogP contribution in [0.3, 0.4) is 0 Å². The van der Waals surface area contributed by atoms with Crippen molar-refractivity contribution in [3.63, 3.8) is 0 Å². The van der Waals surface area contributed by atoms with Gasteiger partial charge in [0.15, 0.2) is 5.78 Å². The van der Waals surface area contributed by atoms with Gasteiger partial charge < -0.3 is 0 Å². The minimum absolute atomic E-state index is 0. The Labute approximate surface area is 122 Å². The quantitative estimate of drug-likeness (QED) is 0.609. The van der Waals surface area contributed by atoms with E-state index in [2.05, 4.69) is 25.9 Å². The second-order valence-corrected chi connectivity index (χ2v) is 3.89. The minimum atomic E-state index is -0.372. The molecular weight excluding hydrogens is 367 g/mol. The molecule has 0 spiro atoms. The van der Waals surface area contributed by atoms with Crippen molar-refractivity contribution in [1.82, 2.24) is 9.97 Å². The van der Waals surface area contributed by atoms with Crippen molar-refractivity contribution in [2.24, 2.45) is 0 Å². The van der Waals surface area contributed by atoms with Crippen LogP contribution < -0.4 is 0 Å². The number of Topliss-reactive ketones (excluding diaryl/α,β-unsaturated/α-hetero) is 1. The van der Waals surface area contributed by atoms with Crippen LogP contribution >= 0.6 is 32.9 Å². The summed E-state index contributed by atoms with van der Waals surface area (Å²) in [5, 5.41) is 0.181.